The van der Waals surface area contributed by atoms with Gasteiger partial charge in [-0.05, 0) is 53.6 Å². The lowest BCUT2D eigenvalue weighted by Crippen LogP contribution is -2.20. The van der Waals surface area contributed by atoms with E-state index in [2.05, 4.69) is 29.5 Å². The molecule has 0 radical (unpaired) electrons. The molecule has 0 fully saturated rings. The van der Waals surface area contributed by atoms with Gasteiger partial charge in [0.2, 0.25) is 0 Å². The second-order valence-electron chi connectivity index (χ2n) is 4.24. The molecule has 0 aromatic heterocycles. The van der Waals surface area contributed by atoms with Gasteiger partial charge in [0.1, 0.15) is 0 Å². The molecule has 1 unspecified atom stereocenters. The molecule has 1 rings (SSSR count). The quantitative estimate of drug-likeness (QED) is 0.641. The first-order chi connectivity index (χ1) is 7.06. The Labute approximate surface area is 106 Å². The molecule has 1 N–H and O–H groups in total. The number of aliphatic hydroxyl groups is 1. The molecule has 0 aliphatic heterocycles. The predicted molar refractivity (Wildman–Crippen MR) is 72.9 cm³/mol. The summed E-state index contributed by atoms with van der Waals surface area (Å²) in [6.45, 7) is 4.09. The van der Waals surface area contributed by atoms with Crippen molar-refractivity contribution in [3.63, 3.8) is 0 Å². The van der Waals surface area contributed by atoms with Gasteiger partial charge < -0.3 is 5.11 Å². The number of rotatable bonds is 5. The molecule has 0 aliphatic carbocycles. The van der Waals surface area contributed by atoms with Crippen molar-refractivity contribution in [1.29, 1.82) is 0 Å². The highest BCUT2D eigenvalue weighted by atomic mass is 127. The van der Waals surface area contributed by atoms with Gasteiger partial charge in [-0.25, -0.2) is 0 Å². The number of hydrogen-bond donors (Lipinski definition) is 1. The van der Waals surface area contributed by atoms with E-state index in [1.54, 1.807) is 0 Å². The molecule has 0 heterocycles. The van der Waals surface area contributed by atoms with Gasteiger partial charge in [0.15, 0.2) is 0 Å². The van der Waals surface area contributed by atoms with Crippen molar-refractivity contribution in [2.75, 3.05) is 0 Å². The molecule has 0 bridgehead atoms. The molecule has 84 valence electrons. The summed E-state index contributed by atoms with van der Waals surface area (Å²) in [4.78, 5) is 0. The molecular formula is C13H19IO. The fraction of sp³-hybridized carbons (Fsp3) is 0.538. The Morgan fingerprint density at radius 2 is 1.80 bits per heavy atom. The summed E-state index contributed by atoms with van der Waals surface area (Å²) in [5.74, 6) is 0. The molecule has 1 aromatic rings. The summed E-state index contributed by atoms with van der Waals surface area (Å²) in [6, 6.07) is 8.13. The van der Waals surface area contributed by atoms with Crippen LogP contribution in [0.5, 0.6) is 0 Å². The van der Waals surface area contributed by atoms with Crippen molar-refractivity contribution in [1.82, 2.24) is 0 Å². The number of halogens is 1. The van der Waals surface area contributed by atoms with E-state index in [1.165, 1.54) is 16.4 Å². The Balaban J connectivity index is 2.63. The lowest BCUT2D eigenvalue weighted by atomic mass is 9.90. The van der Waals surface area contributed by atoms with Gasteiger partial charge in [-0.2, -0.15) is 0 Å². The first-order valence-electron chi connectivity index (χ1n) is 5.54. The largest absolute Gasteiger partial charge is 0.385 e. The van der Waals surface area contributed by atoms with Gasteiger partial charge in [-0.3, -0.25) is 0 Å². The van der Waals surface area contributed by atoms with Crippen molar-refractivity contribution >= 4 is 22.6 Å². The van der Waals surface area contributed by atoms with Crippen LogP contribution in [-0.4, -0.2) is 5.11 Å². The van der Waals surface area contributed by atoms with Crippen molar-refractivity contribution < 1.29 is 5.11 Å². The Hall–Kier alpha value is -0.0900. The van der Waals surface area contributed by atoms with Gasteiger partial charge in [0.05, 0.1) is 5.60 Å². The molecule has 0 saturated carbocycles. The zero-order chi connectivity index (χ0) is 11.3. The Kier molecular flexibility index (Phi) is 5.06. The molecule has 2 heteroatoms. The lowest BCUT2D eigenvalue weighted by Gasteiger charge is -2.23. The van der Waals surface area contributed by atoms with Crippen molar-refractivity contribution in [3.8, 4) is 0 Å². The molecule has 15 heavy (non-hydrogen) atoms. The second kappa shape index (κ2) is 5.85. The molecule has 0 aliphatic rings. The fourth-order valence-corrected chi connectivity index (χ4v) is 2.03. The highest BCUT2D eigenvalue weighted by Crippen LogP contribution is 2.27. The van der Waals surface area contributed by atoms with E-state index in [0.717, 1.165) is 18.4 Å². The van der Waals surface area contributed by atoms with Crippen molar-refractivity contribution in [3.05, 3.63) is 33.4 Å². The van der Waals surface area contributed by atoms with Crippen LogP contribution in [0.25, 0.3) is 0 Å². The minimum absolute atomic E-state index is 0.667. The van der Waals surface area contributed by atoms with E-state index >= 15 is 0 Å². The number of hydrogen-bond acceptors (Lipinski definition) is 1. The van der Waals surface area contributed by atoms with Crippen LogP contribution in [0, 0.1) is 3.57 Å². The van der Waals surface area contributed by atoms with Crippen LogP contribution >= 0.6 is 22.6 Å². The van der Waals surface area contributed by atoms with E-state index in [1.807, 2.05) is 31.2 Å². The predicted octanol–water partition coefficient (Wildman–Crippen LogP) is 4.08. The standard InChI is InChI=1S/C13H19IO/c1-3-4-5-10-13(2,15)11-6-8-12(14)9-7-11/h6-9,15H,3-5,10H2,1-2H3. The van der Waals surface area contributed by atoms with Crippen molar-refractivity contribution in [2.45, 2.75) is 45.1 Å². The van der Waals surface area contributed by atoms with Gasteiger partial charge in [-0.1, -0.05) is 38.3 Å². The first kappa shape index (κ1) is 13.0. The minimum atomic E-state index is -0.667. The maximum atomic E-state index is 10.3. The zero-order valence-electron chi connectivity index (χ0n) is 9.46. The zero-order valence-corrected chi connectivity index (χ0v) is 11.6. The minimum Gasteiger partial charge on any atom is -0.385 e. The highest BCUT2D eigenvalue weighted by molar-refractivity contribution is 14.1. The molecule has 1 atom stereocenters. The van der Waals surface area contributed by atoms with Crippen LogP contribution in [0.2, 0.25) is 0 Å². The van der Waals surface area contributed by atoms with Gasteiger partial charge in [0, 0.05) is 3.57 Å². The number of benzene rings is 1. The van der Waals surface area contributed by atoms with E-state index < -0.39 is 5.60 Å². The second-order valence-corrected chi connectivity index (χ2v) is 5.48. The molecule has 0 amide bonds. The maximum absolute atomic E-state index is 10.3. The third kappa shape index (κ3) is 4.11. The van der Waals surface area contributed by atoms with Gasteiger partial charge in [0.25, 0.3) is 0 Å². The maximum Gasteiger partial charge on any atom is 0.0868 e. The van der Waals surface area contributed by atoms with Crippen molar-refractivity contribution in [2.24, 2.45) is 0 Å². The summed E-state index contributed by atoms with van der Waals surface area (Å²) >= 11 is 2.28. The topological polar surface area (TPSA) is 20.2 Å². The van der Waals surface area contributed by atoms with Crippen LogP contribution in [0.15, 0.2) is 24.3 Å². The summed E-state index contributed by atoms with van der Waals surface area (Å²) in [7, 11) is 0. The number of unbranched alkanes of at least 4 members (excludes halogenated alkanes) is 2. The SMILES string of the molecule is CCCCCC(C)(O)c1ccc(I)cc1. The third-order valence-corrected chi connectivity index (χ3v) is 3.45. The average Bonchev–Trinajstić information content (AvgIpc) is 2.18. The summed E-state index contributed by atoms with van der Waals surface area (Å²) in [5.41, 5.74) is 0.360. The van der Waals surface area contributed by atoms with Crippen LogP contribution < -0.4 is 0 Å². The summed E-state index contributed by atoms with van der Waals surface area (Å²) in [5, 5.41) is 10.3. The van der Waals surface area contributed by atoms with Crippen LogP contribution in [0.4, 0.5) is 0 Å². The smallest absolute Gasteiger partial charge is 0.0868 e. The van der Waals surface area contributed by atoms with E-state index in [0.29, 0.717) is 0 Å². The molecular weight excluding hydrogens is 299 g/mol. The van der Waals surface area contributed by atoms with E-state index in [-0.39, 0.29) is 0 Å². The summed E-state index contributed by atoms with van der Waals surface area (Å²) < 4.78 is 1.21. The Bertz CT molecular complexity index is 290. The van der Waals surface area contributed by atoms with Gasteiger partial charge >= 0.3 is 0 Å². The molecule has 1 aromatic carbocycles. The van der Waals surface area contributed by atoms with E-state index in [9.17, 15) is 5.11 Å². The molecule has 1 nitrogen and oxygen atoms in total. The molecule has 0 saturated heterocycles. The molecule has 0 spiro atoms. The average molecular weight is 318 g/mol. The Morgan fingerprint density at radius 3 is 2.33 bits per heavy atom. The first-order valence-corrected chi connectivity index (χ1v) is 6.62. The summed E-state index contributed by atoms with van der Waals surface area (Å²) in [6.07, 6.45) is 4.33. The monoisotopic (exact) mass is 318 g/mol. The van der Waals surface area contributed by atoms with Crippen LogP contribution in [-0.2, 0) is 5.60 Å². The van der Waals surface area contributed by atoms with Gasteiger partial charge in [-0.15, -0.1) is 0 Å². The highest BCUT2D eigenvalue weighted by Gasteiger charge is 2.21. The van der Waals surface area contributed by atoms with Crippen LogP contribution in [0.1, 0.15) is 45.1 Å². The van der Waals surface area contributed by atoms with Crippen LogP contribution in [0.3, 0.4) is 0 Å². The van der Waals surface area contributed by atoms with E-state index in [4.69, 9.17) is 0 Å². The lowest BCUT2D eigenvalue weighted by molar-refractivity contribution is 0.0449. The normalized spacial score (nSPS) is 14.9. The third-order valence-electron chi connectivity index (χ3n) is 2.73. The Morgan fingerprint density at radius 1 is 1.20 bits per heavy atom. The fourth-order valence-electron chi connectivity index (χ4n) is 1.67.